The Morgan fingerprint density at radius 3 is 2.38 bits per heavy atom. The van der Waals surface area contributed by atoms with E-state index >= 15 is 0 Å². The Hall–Kier alpha value is -1.96. The molecule has 1 N–H and O–H groups in total. The number of nitrogens with zero attached hydrogens (tertiary/aromatic N) is 1. The van der Waals surface area contributed by atoms with Gasteiger partial charge < -0.3 is 10.2 Å². The van der Waals surface area contributed by atoms with Gasteiger partial charge in [0, 0.05) is 12.6 Å². The number of fused-ring (bicyclic) bond motifs is 1. The third-order valence-corrected chi connectivity index (χ3v) is 4.46. The van der Waals surface area contributed by atoms with Gasteiger partial charge in [0.2, 0.25) is 0 Å². The Labute approximate surface area is 127 Å². The van der Waals surface area contributed by atoms with Crippen LogP contribution < -0.4 is 10.2 Å². The lowest BCUT2D eigenvalue weighted by molar-refractivity contribution is 0.617. The molecule has 0 radical (unpaired) electrons. The van der Waals surface area contributed by atoms with Crippen LogP contribution in [0.3, 0.4) is 0 Å². The standard InChI is InChI=1S/C19H24N2/c1-13(2)21-12-18(16-8-6-5-7-9-16)20-17-10-14(3)15(4)11-19(17)21/h5-11,13,18,20H,12H2,1-4H3. The fourth-order valence-electron chi connectivity index (χ4n) is 3.05. The molecule has 2 aromatic rings. The molecule has 1 aliphatic heterocycles. The van der Waals surface area contributed by atoms with E-state index in [1.165, 1.54) is 28.1 Å². The molecule has 2 nitrogen and oxygen atoms in total. The number of aryl methyl sites for hydroxylation is 2. The van der Waals surface area contributed by atoms with Crippen LogP contribution in [0, 0.1) is 13.8 Å². The van der Waals surface area contributed by atoms with E-state index < -0.39 is 0 Å². The van der Waals surface area contributed by atoms with Crippen LogP contribution in [0.2, 0.25) is 0 Å². The van der Waals surface area contributed by atoms with Crippen molar-refractivity contribution in [3.63, 3.8) is 0 Å². The van der Waals surface area contributed by atoms with Crippen molar-refractivity contribution >= 4 is 11.4 Å². The highest BCUT2D eigenvalue weighted by atomic mass is 15.2. The molecule has 0 aliphatic carbocycles. The fraction of sp³-hybridized carbons (Fsp3) is 0.368. The van der Waals surface area contributed by atoms with Gasteiger partial charge in [-0.2, -0.15) is 0 Å². The van der Waals surface area contributed by atoms with E-state index in [1.807, 2.05) is 0 Å². The first-order chi connectivity index (χ1) is 10.1. The summed E-state index contributed by atoms with van der Waals surface area (Å²) >= 11 is 0. The largest absolute Gasteiger partial charge is 0.375 e. The number of rotatable bonds is 2. The molecule has 1 aliphatic rings. The molecular weight excluding hydrogens is 256 g/mol. The van der Waals surface area contributed by atoms with E-state index in [2.05, 4.69) is 80.4 Å². The second kappa shape index (κ2) is 5.44. The van der Waals surface area contributed by atoms with Crippen molar-refractivity contribution < 1.29 is 0 Å². The van der Waals surface area contributed by atoms with Gasteiger partial charge >= 0.3 is 0 Å². The summed E-state index contributed by atoms with van der Waals surface area (Å²) in [5.41, 5.74) is 6.65. The third-order valence-electron chi connectivity index (χ3n) is 4.46. The quantitative estimate of drug-likeness (QED) is 0.859. The van der Waals surface area contributed by atoms with Gasteiger partial charge in [0.25, 0.3) is 0 Å². The average molecular weight is 280 g/mol. The molecule has 0 fully saturated rings. The van der Waals surface area contributed by atoms with Crippen molar-refractivity contribution in [3.8, 4) is 0 Å². The van der Waals surface area contributed by atoms with Gasteiger partial charge in [-0.3, -0.25) is 0 Å². The third kappa shape index (κ3) is 2.63. The van der Waals surface area contributed by atoms with E-state index in [-0.39, 0.29) is 0 Å². The van der Waals surface area contributed by atoms with Gasteiger partial charge in [0.05, 0.1) is 17.4 Å². The highest BCUT2D eigenvalue weighted by Crippen LogP contribution is 2.38. The number of hydrogen-bond donors (Lipinski definition) is 1. The fourth-order valence-corrected chi connectivity index (χ4v) is 3.05. The topological polar surface area (TPSA) is 15.3 Å². The number of benzene rings is 2. The molecule has 2 aromatic carbocycles. The lowest BCUT2D eigenvalue weighted by Gasteiger charge is -2.40. The molecule has 21 heavy (non-hydrogen) atoms. The second-order valence-corrected chi connectivity index (χ2v) is 6.31. The van der Waals surface area contributed by atoms with Gasteiger partial charge in [-0.1, -0.05) is 30.3 Å². The summed E-state index contributed by atoms with van der Waals surface area (Å²) in [4.78, 5) is 2.51. The van der Waals surface area contributed by atoms with Crippen LogP contribution in [-0.4, -0.2) is 12.6 Å². The highest BCUT2D eigenvalue weighted by Gasteiger charge is 2.26. The lowest BCUT2D eigenvalue weighted by Crippen LogP contribution is -2.41. The van der Waals surface area contributed by atoms with Crippen molar-refractivity contribution in [1.82, 2.24) is 0 Å². The number of hydrogen-bond acceptors (Lipinski definition) is 2. The van der Waals surface area contributed by atoms with Crippen LogP contribution in [0.5, 0.6) is 0 Å². The summed E-state index contributed by atoms with van der Waals surface area (Å²) in [6.07, 6.45) is 0. The molecular formula is C19H24N2. The molecule has 1 unspecified atom stereocenters. The Morgan fingerprint density at radius 1 is 1.05 bits per heavy atom. The van der Waals surface area contributed by atoms with Crippen molar-refractivity contribution in [2.24, 2.45) is 0 Å². The van der Waals surface area contributed by atoms with Crippen LogP contribution in [0.25, 0.3) is 0 Å². The number of anilines is 2. The monoisotopic (exact) mass is 280 g/mol. The second-order valence-electron chi connectivity index (χ2n) is 6.31. The summed E-state index contributed by atoms with van der Waals surface area (Å²) in [6.45, 7) is 9.93. The Bertz CT molecular complexity index is 632. The van der Waals surface area contributed by atoms with Crippen molar-refractivity contribution in [2.75, 3.05) is 16.8 Å². The van der Waals surface area contributed by atoms with Crippen molar-refractivity contribution in [1.29, 1.82) is 0 Å². The molecule has 0 saturated heterocycles. The molecule has 0 saturated carbocycles. The van der Waals surface area contributed by atoms with Gasteiger partial charge in [0.1, 0.15) is 0 Å². The van der Waals surface area contributed by atoms with Crippen LogP contribution >= 0.6 is 0 Å². The summed E-state index contributed by atoms with van der Waals surface area (Å²) in [5, 5.41) is 3.72. The smallest absolute Gasteiger partial charge is 0.0689 e. The minimum absolute atomic E-state index is 0.350. The van der Waals surface area contributed by atoms with E-state index in [4.69, 9.17) is 0 Å². The highest BCUT2D eigenvalue weighted by molar-refractivity contribution is 5.75. The van der Waals surface area contributed by atoms with Crippen molar-refractivity contribution in [3.05, 3.63) is 59.2 Å². The molecule has 3 rings (SSSR count). The summed E-state index contributed by atoms with van der Waals surface area (Å²) < 4.78 is 0. The zero-order chi connectivity index (χ0) is 15.0. The lowest BCUT2D eigenvalue weighted by atomic mass is 9.98. The van der Waals surface area contributed by atoms with Gasteiger partial charge in [-0.15, -0.1) is 0 Å². The summed E-state index contributed by atoms with van der Waals surface area (Å²) in [5.74, 6) is 0. The maximum Gasteiger partial charge on any atom is 0.0689 e. The molecule has 0 aromatic heterocycles. The molecule has 2 heteroatoms. The predicted octanol–water partition coefficient (Wildman–Crippen LogP) is 4.69. The number of nitrogens with one attached hydrogen (secondary N) is 1. The first-order valence-electron chi connectivity index (χ1n) is 7.75. The normalized spacial score (nSPS) is 17.6. The van der Waals surface area contributed by atoms with E-state index in [9.17, 15) is 0 Å². The van der Waals surface area contributed by atoms with Gasteiger partial charge in [-0.25, -0.2) is 0 Å². The zero-order valence-corrected chi connectivity index (χ0v) is 13.4. The van der Waals surface area contributed by atoms with Crippen LogP contribution in [0.1, 0.15) is 36.6 Å². The van der Waals surface area contributed by atoms with Crippen LogP contribution in [0.15, 0.2) is 42.5 Å². The summed E-state index contributed by atoms with van der Waals surface area (Å²) in [6, 6.07) is 16.2. The molecule has 0 bridgehead atoms. The van der Waals surface area contributed by atoms with Crippen molar-refractivity contribution in [2.45, 2.75) is 39.8 Å². The Kier molecular flexibility index (Phi) is 3.62. The van der Waals surface area contributed by atoms with Gasteiger partial charge in [-0.05, 0) is 56.5 Å². The maximum absolute atomic E-state index is 3.72. The van der Waals surface area contributed by atoms with E-state index in [0.29, 0.717) is 12.1 Å². The molecule has 110 valence electrons. The minimum Gasteiger partial charge on any atom is -0.375 e. The Morgan fingerprint density at radius 2 is 1.71 bits per heavy atom. The van der Waals surface area contributed by atoms with Crippen LogP contribution in [0.4, 0.5) is 11.4 Å². The Balaban J connectivity index is 2.03. The molecule has 1 atom stereocenters. The first-order valence-corrected chi connectivity index (χ1v) is 7.75. The zero-order valence-electron chi connectivity index (χ0n) is 13.4. The van der Waals surface area contributed by atoms with Gasteiger partial charge in [0.15, 0.2) is 0 Å². The van der Waals surface area contributed by atoms with Crippen LogP contribution in [-0.2, 0) is 0 Å². The predicted molar refractivity (Wildman–Crippen MR) is 91.2 cm³/mol. The van der Waals surface area contributed by atoms with E-state index in [0.717, 1.165) is 6.54 Å². The minimum atomic E-state index is 0.350. The SMILES string of the molecule is Cc1cc2c(cc1C)N(C(C)C)CC(c1ccccc1)N2. The maximum atomic E-state index is 3.72. The molecule has 0 amide bonds. The van der Waals surface area contributed by atoms with E-state index in [1.54, 1.807) is 0 Å². The molecule has 0 spiro atoms. The average Bonchev–Trinajstić information content (AvgIpc) is 2.48. The summed E-state index contributed by atoms with van der Waals surface area (Å²) in [7, 11) is 0. The molecule has 1 heterocycles. The first kappa shape index (κ1) is 14.0.